The first-order valence-electron chi connectivity index (χ1n) is 9.90. The van der Waals surface area contributed by atoms with Crippen LogP contribution in [0.2, 0.25) is 0 Å². The standard InChI is InChI=1S/C22H25ClF2N2O2/c23-13-22(24,25)14-27-16-4-5-18-19(15-2-1-3-17(28)10-15)12-21(29-20(18)11-16)6-8-26-9-7-21/h1-5,10-11,19,26-28H,6-9,12-14H2. The first-order chi connectivity index (χ1) is 13.9. The number of ether oxygens (including phenoxy) is 1. The molecule has 0 radical (unpaired) electrons. The molecule has 156 valence electrons. The number of anilines is 1. The molecule has 1 fully saturated rings. The minimum atomic E-state index is -2.97. The Balaban J connectivity index is 1.68. The van der Waals surface area contributed by atoms with Gasteiger partial charge in [0.05, 0.1) is 12.4 Å². The molecule has 2 aromatic carbocycles. The maximum Gasteiger partial charge on any atom is 0.278 e. The molecule has 0 saturated carbocycles. The van der Waals surface area contributed by atoms with Crippen molar-refractivity contribution >= 4 is 17.3 Å². The summed E-state index contributed by atoms with van der Waals surface area (Å²) in [5.74, 6) is -2.68. The topological polar surface area (TPSA) is 53.5 Å². The van der Waals surface area contributed by atoms with E-state index in [9.17, 15) is 13.9 Å². The molecule has 2 heterocycles. The molecule has 4 nitrogen and oxygen atoms in total. The molecule has 0 amide bonds. The number of aromatic hydroxyl groups is 1. The van der Waals surface area contributed by atoms with Crippen LogP contribution in [0.15, 0.2) is 42.5 Å². The van der Waals surface area contributed by atoms with Gasteiger partial charge in [0, 0.05) is 23.2 Å². The number of hydrogen-bond donors (Lipinski definition) is 3. The van der Waals surface area contributed by atoms with Crippen molar-refractivity contribution in [3.05, 3.63) is 53.6 Å². The van der Waals surface area contributed by atoms with Crippen molar-refractivity contribution < 1.29 is 18.6 Å². The summed E-state index contributed by atoms with van der Waals surface area (Å²) in [6.45, 7) is 1.23. The Morgan fingerprint density at radius 3 is 2.72 bits per heavy atom. The number of fused-ring (bicyclic) bond motifs is 1. The number of alkyl halides is 3. The highest BCUT2D eigenvalue weighted by molar-refractivity contribution is 6.18. The molecule has 2 aliphatic rings. The number of phenols is 1. The second kappa shape index (κ2) is 8.00. The highest BCUT2D eigenvalue weighted by Gasteiger charge is 2.42. The van der Waals surface area contributed by atoms with Gasteiger partial charge in [-0.05, 0) is 56.1 Å². The van der Waals surface area contributed by atoms with E-state index in [0.717, 1.165) is 43.5 Å². The lowest BCUT2D eigenvalue weighted by molar-refractivity contribution is 0.0114. The number of hydrogen-bond acceptors (Lipinski definition) is 4. The van der Waals surface area contributed by atoms with Crippen molar-refractivity contribution in [3.63, 3.8) is 0 Å². The van der Waals surface area contributed by atoms with Crippen molar-refractivity contribution in [3.8, 4) is 11.5 Å². The fourth-order valence-electron chi connectivity index (χ4n) is 4.28. The second-order valence-electron chi connectivity index (χ2n) is 7.98. The van der Waals surface area contributed by atoms with Crippen molar-refractivity contribution in [2.75, 3.05) is 30.8 Å². The van der Waals surface area contributed by atoms with E-state index >= 15 is 0 Å². The van der Waals surface area contributed by atoms with Gasteiger partial charge < -0.3 is 20.5 Å². The number of benzene rings is 2. The van der Waals surface area contributed by atoms with Crippen LogP contribution < -0.4 is 15.4 Å². The van der Waals surface area contributed by atoms with Gasteiger partial charge in [-0.1, -0.05) is 18.2 Å². The summed E-state index contributed by atoms with van der Waals surface area (Å²) in [5, 5.41) is 16.1. The lowest BCUT2D eigenvalue weighted by Gasteiger charge is -2.45. The van der Waals surface area contributed by atoms with Crippen LogP contribution in [-0.2, 0) is 0 Å². The summed E-state index contributed by atoms with van der Waals surface area (Å²) in [6.07, 6.45) is 2.58. The van der Waals surface area contributed by atoms with Gasteiger partial charge in [-0.2, -0.15) is 0 Å². The molecule has 7 heteroatoms. The van der Waals surface area contributed by atoms with Gasteiger partial charge in [-0.3, -0.25) is 0 Å². The first-order valence-corrected chi connectivity index (χ1v) is 10.4. The number of halogens is 3. The third-order valence-corrected chi connectivity index (χ3v) is 6.22. The number of phenolic OH excluding ortho intramolecular Hbond substituents is 1. The zero-order valence-corrected chi connectivity index (χ0v) is 16.8. The maximum atomic E-state index is 13.5. The fraction of sp³-hybridized carbons (Fsp3) is 0.455. The van der Waals surface area contributed by atoms with Crippen LogP contribution in [0.25, 0.3) is 0 Å². The van der Waals surface area contributed by atoms with E-state index in [1.807, 2.05) is 18.2 Å². The smallest absolute Gasteiger partial charge is 0.278 e. The summed E-state index contributed by atoms with van der Waals surface area (Å²) >= 11 is 5.33. The average molecular weight is 423 g/mol. The molecular weight excluding hydrogens is 398 g/mol. The minimum Gasteiger partial charge on any atom is -0.508 e. The van der Waals surface area contributed by atoms with Gasteiger partial charge in [0.2, 0.25) is 0 Å². The molecule has 0 aromatic heterocycles. The van der Waals surface area contributed by atoms with Crippen LogP contribution in [0.4, 0.5) is 14.5 Å². The van der Waals surface area contributed by atoms with E-state index in [4.69, 9.17) is 16.3 Å². The summed E-state index contributed by atoms with van der Waals surface area (Å²) in [4.78, 5) is 0. The maximum absolute atomic E-state index is 13.5. The Labute approximate surface area is 174 Å². The van der Waals surface area contributed by atoms with Gasteiger partial charge in [-0.15, -0.1) is 11.6 Å². The molecule has 4 rings (SSSR count). The molecule has 2 aromatic rings. The van der Waals surface area contributed by atoms with Crippen molar-refractivity contribution in [1.29, 1.82) is 0 Å². The lowest BCUT2D eigenvalue weighted by atomic mass is 9.75. The van der Waals surface area contributed by atoms with Gasteiger partial charge in [0.1, 0.15) is 17.1 Å². The van der Waals surface area contributed by atoms with Gasteiger partial charge in [0.25, 0.3) is 5.92 Å². The predicted molar refractivity (Wildman–Crippen MR) is 111 cm³/mol. The zero-order chi connectivity index (χ0) is 20.5. The Morgan fingerprint density at radius 2 is 2.00 bits per heavy atom. The Bertz CT molecular complexity index is 872. The SMILES string of the molecule is Oc1cccc(C2CC3(CCNCC3)Oc3cc(NCC(F)(F)CCl)ccc32)c1. The summed E-state index contributed by atoms with van der Waals surface area (Å²) in [7, 11) is 0. The van der Waals surface area contributed by atoms with Crippen LogP contribution >= 0.6 is 11.6 Å². The van der Waals surface area contributed by atoms with Gasteiger partial charge in [-0.25, -0.2) is 8.78 Å². The van der Waals surface area contributed by atoms with E-state index < -0.39 is 18.3 Å². The molecule has 0 aliphatic carbocycles. The average Bonchev–Trinajstić information content (AvgIpc) is 2.72. The van der Waals surface area contributed by atoms with Crippen molar-refractivity contribution in [2.45, 2.75) is 36.7 Å². The van der Waals surface area contributed by atoms with Crippen LogP contribution in [0.5, 0.6) is 11.5 Å². The fourth-order valence-corrected chi connectivity index (χ4v) is 4.38. The molecule has 2 aliphatic heterocycles. The highest BCUT2D eigenvalue weighted by Crippen LogP contribution is 2.48. The summed E-state index contributed by atoms with van der Waals surface area (Å²) in [5.41, 5.74) is 2.32. The Hall–Kier alpha value is -2.05. The molecular formula is C22H25ClF2N2O2. The van der Waals surface area contributed by atoms with E-state index in [1.165, 1.54) is 0 Å². The van der Waals surface area contributed by atoms with Crippen LogP contribution in [-0.4, -0.2) is 42.1 Å². The molecule has 0 bridgehead atoms. The lowest BCUT2D eigenvalue weighted by Crippen LogP contribution is -2.49. The third-order valence-electron chi connectivity index (χ3n) is 5.83. The summed E-state index contributed by atoms with van der Waals surface area (Å²) in [6, 6.07) is 12.8. The first kappa shape index (κ1) is 20.2. The predicted octanol–water partition coefficient (Wildman–Crippen LogP) is 4.71. The molecule has 1 unspecified atom stereocenters. The zero-order valence-electron chi connectivity index (χ0n) is 16.1. The quantitative estimate of drug-likeness (QED) is 0.610. The number of nitrogens with one attached hydrogen (secondary N) is 2. The second-order valence-corrected chi connectivity index (χ2v) is 8.25. The normalized spacial score (nSPS) is 20.7. The third kappa shape index (κ3) is 4.43. The molecule has 3 N–H and O–H groups in total. The van der Waals surface area contributed by atoms with E-state index in [2.05, 4.69) is 10.6 Å². The molecule has 1 spiro atoms. The highest BCUT2D eigenvalue weighted by atomic mass is 35.5. The van der Waals surface area contributed by atoms with Gasteiger partial charge in [0.15, 0.2) is 0 Å². The van der Waals surface area contributed by atoms with Crippen molar-refractivity contribution in [1.82, 2.24) is 5.32 Å². The molecule has 29 heavy (non-hydrogen) atoms. The van der Waals surface area contributed by atoms with Gasteiger partial charge >= 0.3 is 0 Å². The minimum absolute atomic E-state index is 0.0716. The molecule has 1 atom stereocenters. The Morgan fingerprint density at radius 1 is 1.21 bits per heavy atom. The van der Waals surface area contributed by atoms with Crippen LogP contribution in [0.3, 0.4) is 0 Å². The largest absolute Gasteiger partial charge is 0.508 e. The number of rotatable bonds is 5. The van der Waals surface area contributed by atoms with Crippen LogP contribution in [0.1, 0.15) is 36.3 Å². The van der Waals surface area contributed by atoms with E-state index in [-0.39, 0.29) is 17.3 Å². The number of piperidine rings is 1. The summed E-state index contributed by atoms with van der Waals surface area (Å²) < 4.78 is 33.5. The van der Waals surface area contributed by atoms with E-state index in [0.29, 0.717) is 11.4 Å². The van der Waals surface area contributed by atoms with Crippen molar-refractivity contribution in [2.24, 2.45) is 0 Å². The van der Waals surface area contributed by atoms with Crippen LogP contribution in [0, 0.1) is 0 Å². The monoisotopic (exact) mass is 422 g/mol. The Kier molecular flexibility index (Phi) is 5.58. The van der Waals surface area contributed by atoms with E-state index in [1.54, 1.807) is 24.3 Å². The molecule has 1 saturated heterocycles.